The summed E-state index contributed by atoms with van der Waals surface area (Å²) in [6.07, 6.45) is 0. The fourth-order valence-corrected chi connectivity index (χ4v) is 2.60. The van der Waals surface area contributed by atoms with E-state index in [4.69, 9.17) is 0 Å². The van der Waals surface area contributed by atoms with Crippen LogP contribution in [-0.2, 0) is 20.5 Å². The smallest absolute Gasteiger partial charge is 0.337 e. The highest BCUT2D eigenvalue weighted by atomic mass is 32.2. The molecule has 0 saturated heterocycles. The van der Waals surface area contributed by atoms with E-state index in [9.17, 15) is 13.2 Å². The molecule has 0 spiro atoms. The number of hydrogen-bond donors (Lipinski definition) is 2. The molecule has 19 heavy (non-hydrogen) atoms. The molecule has 0 amide bonds. The van der Waals surface area contributed by atoms with Crippen molar-refractivity contribution in [2.75, 3.05) is 27.2 Å². The van der Waals surface area contributed by atoms with E-state index in [1.807, 2.05) is 0 Å². The topological polar surface area (TPSA) is 84.5 Å². The van der Waals surface area contributed by atoms with Crippen molar-refractivity contribution in [3.05, 3.63) is 35.4 Å². The van der Waals surface area contributed by atoms with Crippen molar-refractivity contribution in [3.63, 3.8) is 0 Å². The van der Waals surface area contributed by atoms with Crippen LogP contribution in [0, 0.1) is 0 Å². The van der Waals surface area contributed by atoms with Crippen molar-refractivity contribution >= 4 is 16.0 Å². The fraction of sp³-hybridized carbons (Fsp3) is 0.417. The second-order valence-electron chi connectivity index (χ2n) is 3.95. The Balaban J connectivity index is 2.64. The Kier molecular flexibility index (Phi) is 5.94. The quantitative estimate of drug-likeness (QED) is 0.549. The van der Waals surface area contributed by atoms with Gasteiger partial charge in [0.15, 0.2) is 0 Å². The van der Waals surface area contributed by atoms with E-state index in [2.05, 4.69) is 14.8 Å². The van der Waals surface area contributed by atoms with Crippen molar-refractivity contribution in [3.8, 4) is 0 Å². The van der Waals surface area contributed by atoms with Crippen LogP contribution >= 0.6 is 0 Å². The van der Waals surface area contributed by atoms with Crippen LogP contribution in [-0.4, -0.2) is 41.6 Å². The van der Waals surface area contributed by atoms with Crippen molar-refractivity contribution in [2.24, 2.45) is 0 Å². The zero-order valence-corrected chi connectivity index (χ0v) is 11.8. The number of carbonyl (C=O) groups excluding carboxylic acids is 1. The number of hydrogen-bond acceptors (Lipinski definition) is 5. The Morgan fingerprint density at radius 2 is 1.84 bits per heavy atom. The maximum atomic E-state index is 11.7. The normalized spacial score (nSPS) is 11.3. The van der Waals surface area contributed by atoms with Crippen molar-refractivity contribution < 1.29 is 17.9 Å². The van der Waals surface area contributed by atoms with E-state index in [-0.39, 0.29) is 5.75 Å². The van der Waals surface area contributed by atoms with Gasteiger partial charge in [0.25, 0.3) is 0 Å². The molecule has 106 valence electrons. The monoisotopic (exact) mass is 286 g/mol. The molecule has 0 saturated carbocycles. The fourth-order valence-electron chi connectivity index (χ4n) is 1.46. The van der Waals surface area contributed by atoms with Crippen molar-refractivity contribution in [1.82, 2.24) is 10.0 Å². The highest BCUT2D eigenvalue weighted by Crippen LogP contribution is 2.08. The van der Waals surface area contributed by atoms with Crippen LogP contribution in [0.5, 0.6) is 0 Å². The molecule has 1 rings (SSSR count). The van der Waals surface area contributed by atoms with Crippen LogP contribution in [0.2, 0.25) is 0 Å². The third-order valence-corrected chi connectivity index (χ3v) is 3.79. The number of likely N-dealkylation sites (N-methyl/N-ethyl adjacent to an activating group) is 1. The summed E-state index contributed by atoms with van der Waals surface area (Å²) in [7, 11) is -0.304. The van der Waals surface area contributed by atoms with Crippen molar-refractivity contribution in [2.45, 2.75) is 5.75 Å². The van der Waals surface area contributed by atoms with E-state index in [1.165, 1.54) is 7.11 Å². The standard InChI is InChI=1S/C12H18N2O4S/c1-13-7-8-14-19(16,17)9-10-3-5-11(6-4-10)12(15)18-2/h3-6,13-14H,7-9H2,1-2H3. The molecule has 0 aromatic heterocycles. The number of carbonyl (C=O) groups is 1. The molecule has 0 aliphatic heterocycles. The second-order valence-corrected chi connectivity index (χ2v) is 5.75. The second kappa shape index (κ2) is 7.22. The lowest BCUT2D eigenvalue weighted by Gasteiger charge is -2.07. The van der Waals surface area contributed by atoms with Crippen LogP contribution in [0.1, 0.15) is 15.9 Å². The van der Waals surface area contributed by atoms with Gasteiger partial charge < -0.3 is 10.1 Å². The van der Waals surface area contributed by atoms with Gasteiger partial charge in [0, 0.05) is 13.1 Å². The summed E-state index contributed by atoms with van der Waals surface area (Å²) in [5.41, 5.74) is 1.01. The molecule has 1 aromatic rings. The number of ether oxygens (including phenoxy) is 1. The number of esters is 1. The molecule has 6 nitrogen and oxygen atoms in total. The van der Waals surface area contributed by atoms with E-state index in [0.29, 0.717) is 24.2 Å². The van der Waals surface area contributed by atoms with Gasteiger partial charge in [0.05, 0.1) is 18.4 Å². The molecule has 1 aromatic carbocycles. The predicted molar refractivity (Wildman–Crippen MR) is 72.3 cm³/mol. The highest BCUT2D eigenvalue weighted by Gasteiger charge is 2.11. The molecular weight excluding hydrogens is 268 g/mol. The van der Waals surface area contributed by atoms with Gasteiger partial charge >= 0.3 is 5.97 Å². The predicted octanol–water partition coefficient (Wildman–Crippen LogP) is 0.112. The number of methoxy groups -OCH3 is 1. The van der Waals surface area contributed by atoms with Gasteiger partial charge in [0.1, 0.15) is 0 Å². The first-order valence-corrected chi connectivity index (χ1v) is 7.43. The maximum absolute atomic E-state index is 11.7. The molecule has 7 heteroatoms. The molecule has 2 N–H and O–H groups in total. The van der Waals surface area contributed by atoms with Gasteiger partial charge in [-0.25, -0.2) is 17.9 Å². The molecule has 0 aliphatic carbocycles. The van der Waals surface area contributed by atoms with Crippen LogP contribution < -0.4 is 10.0 Å². The maximum Gasteiger partial charge on any atom is 0.337 e. The van der Waals surface area contributed by atoms with E-state index in [0.717, 1.165) is 0 Å². The summed E-state index contributed by atoms with van der Waals surface area (Å²) in [5, 5.41) is 2.85. The lowest BCUT2D eigenvalue weighted by molar-refractivity contribution is 0.0600. The highest BCUT2D eigenvalue weighted by molar-refractivity contribution is 7.88. The number of nitrogens with one attached hydrogen (secondary N) is 2. The minimum atomic E-state index is -3.35. The average Bonchev–Trinajstić information content (AvgIpc) is 2.38. The Morgan fingerprint density at radius 1 is 1.21 bits per heavy atom. The molecule has 0 heterocycles. The molecule has 0 bridgehead atoms. The largest absolute Gasteiger partial charge is 0.465 e. The molecule has 0 unspecified atom stereocenters. The SMILES string of the molecule is CNCCNS(=O)(=O)Cc1ccc(C(=O)OC)cc1. The molecule has 0 aliphatic rings. The van der Waals surface area contributed by atoms with Crippen LogP contribution in [0.4, 0.5) is 0 Å². The summed E-state index contributed by atoms with van der Waals surface area (Å²) >= 11 is 0. The number of benzene rings is 1. The number of sulfonamides is 1. The third kappa shape index (κ3) is 5.37. The van der Waals surface area contributed by atoms with Crippen molar-refractivity contribution in [1.29, 1.82) is 0 Å². The minimum Gasteiger partial charge on any atom is -0.465 e. The lowest BCUT2D eigenvalue weighted by Crippen LogP contribution is -2.31. The van der Waals surface area contributed by atoms with Crippen LogP contribution in [0.3, 0.4) is 0 Å². The lowest BCUT2D eigenvalue weighted by atomic mass is 10.1. The summed E-state index contributed by atoms with van der Waals surface area (Å²) in [6, 6.07) is 6.29. The minimum absolute atomic E-state index is 0.113. The molecular formula is C12H18N2O4S. The Morgan fingerprint density at radius 3 is 2.37 bits per heavy atom. The first-order chi connectivity index (χ1) is 8.98. The summed E-state index contributed by atoms with van der Waals surface area (Å²) in [4.78, 5) is 11.2. The van der Waals surface area contributed by atoms with Gasteiger partial charge in [-0.1, -0.05) is 12.1 Å². The van der Waals surface area contributed by atoms with Crippen LogP contribution in [0.15, 0.2) is 24.3 Å². The Bertz CT molecular complexity index is 511. The van der Waals surface area contributed by atoms with E-state index in [1.54, 1.807) is 31.3 Å². The van der Waals surface area contributed by atoms with Gasteiger partial charge in [-0.3, -0.25) is 0 Å². The van der Waals surface area contributed by atoms with E-state index < -0.39 is 16.0 Å². The first-order valence-electron chi connectivity index (χ1n) is 5.77. The molecule has 0 radical (unpaired) electrons. The summed E-state index contributed by atoms with van der Waals surface area (Å²) in [6.45, 7) is 0.916. The average molecular weight is 286 g/mol. The zero-order valence-electron chi connectivity index (χ0n) is 11.0. The molecule has 0 atom stereocenters. The zero-order chi connectivity index (χ0) is 14.3. The van der Waals surface area contributed by atoms with Gasteiger partial charge in [-0.15, -0.1) is 0 Å². The van der Waals surface area contributed by atoms with Gasteiger partial charge in [-0.2, -0.15) is 0 Å². The molecule has 0 fully saturated rings. The third-order valence-electron chi connectivity index (χ3n) is 2.43. The summed E-state index contributed by atoms with van der Waals surface area (Å²) < 4.78 is 30.5. The van der Waals surface area contributed by atoms with Gasteiger partial charge in [-0.05, 0) is 24.7 Å². The number of rotatable bonds is 7. The van der Waals surface area contributed by atoms with E-state index >= 15 is 0 Å². The van der Waals surface area contributed by atoms with Crippen LogP contribution in [0.25, 0.3) is 0 Å². The Hall–Kier alpha value is -1.44. The first kappa shape index (κ1) is 15.6. The summed E-state index contributed by atoms with van der Waals surface area (Å²) in [5.74, 6) is -0.556. The van der Waals surface area contributed by atoms with Gasteiger partial charge in [0.2, 0.25) is 10.0 Å². The Labute approximate surface area is 113 Å².